The van der Waals surface area contributed by atoms with Crippen LogP contribution in [-0.4, -0.2) is 80.5 Å². The number of hydrogen-bond acceptors (Lipinski definition) is 5. The van der Waals surface area contributed by atoms with Gasteiger partial charge in [0, 0.05) is 66.0 Å². The first kappa shape index (κ1) is 23.5. The number of rotatable bonds is 5. The molecule has 1 atom stereocenters. The van der Waals surface area contributed by atoms with Gasteiger partial charge in [-0.1, -0.05) is 32.0 Å². The van der Waals surface area contributed by atoms with Crippen LogP contribution in [0.1, 0.15) is 20.3 Å². The average Bonchev–Trinajstić information content (AvgIpc) is 3.26. The molecule has 4 heterocycles. The molecule has 1 amide bonds. The number of carbonyl (C=O) groups excluding carboxylic acids is 1. The van der Waals surface area contributed by atoms with Crippen molar-refractivity contribution in [2.24, 2.45) is 5.41 Å². The molecule has 6 rings (SSSR count). The Balaban J connectivity index is 1.38. The van der Waals surface area contributed by atoms with Crippen LogP contribution in [0.25, 0.3) is 22.2 Å². The lowest BCUT2D eigenvalue weighted by Crippen LogP contribution is -2.69. The van der Waals surface area contributed by atoms with Crippen LogP contribution in [0.5, 0.6) is 0 Å². The van der Waals surface area contributed by atoms with Crippen molar-refractivity contribution in [1.29, 1.82) is 0 Å². The lowest BCUT2D eigenvalue weighted by molar-refractivity contribution is -0.150. The molecular formula is C27H32N4O4S. The van der Waals surface area contributed by atoms with Gasteiger partial charge in [-0.05, 0) is 36.8 Å². The Labute approximate surface area is 211 Å². The van der Waals surface area contributed by atoms with E-state index in [2.05, 4.69) is 16.0 Å². The van der Waals surface area contributed by atoms with Crippen LogP contribution in [-0.2, 0) is 19.6 Å². The van der Waals surface area contributed by atoms with Gasteiger partial charge in [0.05, 0.1) is 18.1 Å². The molecule has 0 spiro atoms. The average molecular weight is 509 g/mol. The maximum atomic E-state index is 13.9. The van der Waals surface area contributed by atoms with Gasteiger partial charge in [-0.25, -0.2) is 8.42 Å². The number of carbonyl (C=O) groups is 1. The molecule has 3 aliphatic heterocycles. The predicted molar refractivity (Wildman–Crippen MR) is 139 cm³/mol. The zero-order chi connectivity index (χ0) is 25.1. The number of para-hydroxylation sites is 1. The van der Waals surface area contributed by atoms with Gasteiger partial charge < -0.3 is 19.5 Å². The number of H-pyrrole nitrogens is 1. The molecule has 36 heavy (non-hydrogen) atoms. The van der Waals surface area contributed by atoms with Crippen LogP contribution in [0.2, 0.25) is 0 Å². The highest BCUT2D eigenvalue weighted by Gasteiger charge is 2.56. The number of anilines is 1. The van der Waals surface area contributed by atoms with E-state index in [1.165, 1.54) is 4.31 Å². The summed E-state index contributed by atoms with van der Waals surface area (Å²) in [5.74, 6) is -0.133. The number of nitrogens with one attached hydrogen (secondary N) is 1. The van der Waals surface area contributed by atoms with Gasteiger partial charge in [-0.2, -0.15) is 4.31 Å². The molecule has 0 aliphatic carbocycles. The Hall–Kier alpha value is -2.88. The minimum atomic E-state index is -3.88. The molecule has 0 radical (unpaired) electrons. The van der Waals surface area contributed by atoms with E-state index in [1.54, 1.807) is 17.0 Å². The number of ether oxygens (including phenoxy) is 1. The van der Waals surface area contributed by atoms with Crippen molar-refractivity contribution in [3.05, 3.63) is 48.5 Å². The van der Waals surface area contributed by atoms with Gasteiger partial charge in [0.25, 0.3) is 0 Å². The summed E-state index contributed by atoms with van der Waals surface area (Å²) in [5, 5.41) is 1.08. The maximum absolute atomic E-state index is 13.9. The summed E-state index contributed by atoms with van der Waals surface area (Å²) in [6, 6.07) is 14.8. The number of sulfonamides is 1. The SMILES string of the molecule is CC1(C)CN(S(=O)(=O)c2ccc(N3CCC3)c(-c3cc4ccccc4[nH]3)c2)[C@@H]1C(=O)N1CCOCC1. The van der Waals surface area contributed by atoms with Crippen LogP contribution < -0.4 is 4.90 Å². The smallest absolute Gasteiger partial charge is 0.243 e. The molecule has 3 fully saturated rings. The van der Waals surface area contributed by atoms with E-state index in [4.69, 9.17) is 4.74 Å². The summed E-state index contributed by atoms with van der Waals surface area (Å²) >= 11 is 0. The number of aromatic nitrogens is 1. The van der Waals surface area contributed by atoms with Crippen molar-refractivity contribution in [2.75, 3.05) is 50.8 Å². The fourth-order valence-corrected chi connectivity index (χ4v) is 7.51. The molecule has 190 valence electrons. The van der Waals surface area contributed by atoms with Crippen LogP contribution >= 0.6 is 0 Å². The van der Waals surface area contributed by atoms with Crippen LogP contribution in [0.3, 0.4) is 0 Å². The molecule has 0 saturated carbocycles. The highest BCUT2D eigenvalue weighted by molar-refractivity contribution is 7.89. The van der Waals surface area contributed by atoms with E-state index in [0.717, 1.165) is 47.4 Å². The molecule has 0 unspecified atom stereocenters. The summed E-state index contributed by atoms with van der Waals surface area (Å²) in [6.45, 7) is 8.10. The Kier molecular flexibility index (Phi) is 5.62. The molecule has 3 aromatic rings. The van der Waals surface area contributed by atoms with Crippen molar-refractivity contribution >= 4 is 32.5 Å². The first-order valence-electron chi connectivity index (χ1n) is 12.6. The summed E-state index contributed by atoms with van der Waals surface area (Å²) in [4.78, 5) is 21.1. The number of nitrogens with zero attached hydrogens (tertiary/aromatic N) is 3. The van der Waals surface area contributed by atoms with Gasteiger partial charge >= 0.3 is 0 Å². The lowest BCUT2D eigenvalue weighted by Gasteiger charge is -2.53. The number of amides is 1. The zero-order valence-electron chi connectivity index (χ0n) is 20.7. The molecule has 1 N–H and O–H groups in total. The third-order valence-electron chi connectivity index (χ3n) is 7.74. The Morgan fingerprint density at radius 3 is 2.44 bits per heavy atom. The fraction of sp³-hybridized carbons (Fsp3) is 0.444. The molecule has 3 saturated heterocycles. The highest BCUT2D eigenvalue weighted by atomic mass is 32.2. The van der Waals surface area contributed by atoms with Gasteiger partial charge in [-0.15, -0.1) is 0 Å². The number of morpholine rings is 1. The molecular weight excluding hydrogens is 476 g/mol. The van der Waals surface area contributed by atoms with Gasteiger partial charge in [0.2, 0.25) is 15.9 Å². The fourth-order valence-electron chi connectivity index (χ4n) is 5.57. The number of hydrogen-bond donors (Lipinski definition) is 1. The van der Waals surface area contributed by atoms with E-state index >= 15 is 0 Å². The van der Waals surface area contributed by atoms with Crippen molar-refractivity contribution in [3.63, 3.8) is 0 Å². The summed E-state index contributed by atoms with van der Waals surface area (Å²) < 4.78 is 34.6. The van der Waals surface area contributed by atoms with Crippen molar-refractivity contribution < 1.29 is 17.9 Å². The quantitative estimate of drug-likeness (QED) is 0.572. The van der Waals surface area contributed by atoms with Crippen molar-refractivity contribution in [1.82, 2.24) is 14.2 Å². The standard InChI is InChI=1S/C27H32N4O4S/c1-27(2)18-31(25(27)26(32)30-12-14-35-15-13-30)36(33,34)20-8-9-24(29-10-5-11-29)21(17-20)23-16-19-6-3-4-7-22(19)28-23/h3-4,6-9,16-17,25,28H,5,10-15,18H2,1-2H3/t25-/m1/s1. The second kappa shape index (κ2) is 8.61. The summed E-state index contributed by atoms with van der Waals surface area (Å²) in [7, 11) is -3.88. The van der Waals surface area contributed by atoms with Gasteiger partial charge in [-0.3, -0.25) is 4.79 Å². The van der Waals surface area contributed by atoms with Gasteiger partial charge in [0.1, 0.15) is 6.04 Å². The maximum Gasteiger partial charge on any atom is 0.243 e. The largest absolute Gasteiger partial charge is 0.378 e. The molecule has 2 aromatic carbocycles. The van der Waals surface area contributed by atoms with E-state index in [1.807, 2.05) is 44.2 Å². The Bertz CT molecular complexity index is 1390. The summed E-state index contributed by atoms with van der Waals surface area (Å²) in [5.41, 5.74) is 3.36. The van der Waals surface area contributed by atoms with Crippen LogP contribution in [0.4, 0.5) is 5.69 Å². The molecule has 0 bridgehead atoms. The molecule has 8 nitrogen and oxygen atoms in total. The third-order valence-corrected chi connectivity index (χ3v) is 9.55. The van der Waals surface area contributed by atoms with E-state index in [9.17, 15) is 13.2 Å². The number of fused-ring (bicyclic) bond motifs is 1. The van der Waals surface area contributed by atoms with Crippen LogP contribution in [0, 0.1) is 5.41 Å². The predicted octanol–water partition coefficient (Wildman–Crippen LogP) is 3.30. The minimum Gasteiger partial charge on any atom is -0.378 e. The Morgan fingerprint density at radius 1 is 1.03 bits per heavy atom. The molecule has 9 heteroatoms. The second-order valence-corrected chi connectivity index (χ2v) is 12.6. The minimum absolute atomic E-state index is 0.133. The number of benzene rings is 2. The number of aromatic amines is 1. The van der Waals surface area contributed by atoms with Crippen molar-refractivity contribution in [2.45, 2.75) is 31.2 Å². The monoisotopic (exact) mass is 508 g/mol. The topological polar surface area (TPSA) is 86.0 Å². The normalized spacial score (nSPS) is 22.3. The lowest BCUT2D eigenvalue weighted by atomic mass is 9.76. The van der Waals surface area contributed by atoms with Crippen molar-refractivity contribution in [3.8, 4) is 11.3 Å². The first-order valence-corrected chi connectivity index (χ1v) is 14.1. The van der Waals surface area contributed by atoms with Gasteiger partial charge in [0.15, 0.2) is 0 Å². The Morgan fingerprint density at radius 2 is 1.78 bits per heavy atom. The first-order chi connectivity index (χ1) is 17.3. The highest BCUT2D eigenvalue weighted by Crippen LogP contribution is 2.43. The zero-order valence-corrected chi connectivity index (χ0v) is 21.6. The van der Waals surface area contributed by atoms with E-state index in [-0.39, 0.29) is 10.8 Å². The third kappa shape index (κ3) is 3.81. The molecule has 3 aliphatic rings. The molecule has 1 aromatic heterocycles. The van der Waals surface area contributed by atoms with E-state index < -0.39 is 21.5 Å². The summed E-state index contributed by atoms with van der Waals surface area (Å²) in [6.07, 6.45) is 1.13. The van der Waals surface area contributed by atoms with Crippen LogP contribution in [0.15, 0.2) is 53.4 Å². The second-order valence-electron chi connectivity index (χ2n) is 10.7. The van der Waals surface area contributed by atoms with E-state index in [0.29, 0.717) is 32.8 Å².